The van der Waals surface area contributed by atoms with Gasteiger partial charge >= 0.3 is 0 Å². The van der Waals surface area contributed by atoms with Crippen LogP contribution in [0.4, 0.5) is 0 Å². The van der Waals surface area contributed by atoms with Gasteiger partial charge in [-0.25, -0.2) is 4.98 Å². The Balaban J connectivity index is 2.42. The van der Waals surface area contributed by atoms with Gasteiger partial charge in [-0.15, -0.1) is 0 Å². The molecule has 0 fully saturated rings. The molecule has 0 unspecified atom stereocenters. The fraction of sp³-hybridized carbons (Fsp3) is 0.167. The molecule has 0 saturated carbocycles. The molecule has 0 aliphatic carbocycles. The lowest BCUT2D eigenvalue weighted by atomic mass is 10.2. The molecule has 0 spiro atoms. The van der Waals surface area contributed by atoms with Crippen molar-refractivity contribution in [2.24, 2.45) is 0 Å². The van der Waals surface area contributed by atoms with E-state index in [0.29, 0.717) is 6.54 Å². The number of hydrogen-bond donors (Lipinski definition) is 0. The highest BCUT2D eigenvalue weighted by Crippen LogP contribution is 2.18. The van der Waals surface area contributed by atoms with E-state index in [1.807, 2.05) is 24.3 Å². The second-order valence-corrected chi connectivity index (χ2v) is 4.81. The summed E-state index contributed by atoms with van der Waals surface area (Å²) in [6.07, 6.45) is 1.41. The van der Waals surface area contributed by atoms with Crippen LogP contribution < -0.4 is 10.3 Å². The van der Waals surface area contributed by atoms with Gasteiger partial charge in [0.1, 0.15) is 0 Å². The molecular weight excluding hydrogens is 320 g/mol. The molecule has 2 aromatic rings. The average Bonchev–Trinajstić information content (AvgIpc) is 2.36. The molecule has 1 aromatic carbocycles. The molecule has 0 aliphatic heterocycles. The van der Waals surface area contributed by atoms with Gasteiger partial charge in [-0.2, -0.15) is 0 Å². The van der Waals surface area contributed by atoms with E-state index in [1.54, 1.807) is 0 Å². The molecule has 0 N–H and O–H groups in total. The van der Waals surface area contributed by atoms with E-state index in [2.05, 4.69) is 20.9 Å². The first kappa shape index (κ1) is 13.1. The number of methoxy groups -OCH3 is 1. The Hall–Kier alpha value is -1.33. The van der Waals surface area contributed by atoms with Crippen LogP contribution in [0.25, 0.3) is 0 Å². The third-order valence-corrected chi connectivity index (χ3v) is 3.50. The molecule has 1 heterocycles. The molecule has 4 nitrogen and oxygen atoms in total. The Morgan fingerprint density at radius 3 is 2.83 bits per heavy atom. The van der Waals surface area contributed by atoms with Gasteiger partial charge in [0, 0.05) is 4.47 Å². The lowest BCUT2D eigenvalue weighted by Crippen LogP contribution is -2.22. The van der Waals surface area contributed by atoms with Gasteiger partial charge in [0.2, 0.25) is 5.75 Å². The molecule has 18 heavy (non-hydrogen) atoms. The summed E-state index contributed by atoms with van der Waals surface area (Å²) in [6, 6.07) is 7.67. The van der Waals surface area contributed by atoms with Crippen molar-refractivity contribution in [3.63, 3.8) is 0 Å². The lowest BCUT2D eigenvalue weighted by molar-refractivity contribution is 0.401. The Kier molecular flexibility index (Phi) is 4.04. The predicted molar refractivity (Wildman–Crippen MR) is 73.3 cm³/mol. The lowest BCUT2D eigenvalue weighted by Gasteiger charge is -2.09. The number of aromatic nitrogens is 2. The number of halogens is 2. The van der Waals surface area contributed by atoms with Crippen molar-refractivity contribution in [1.82, 2.24) is 9.55 Å². The van der Waals surface area contributed by atoms with Crippen molar-refractivity contribution in [3.8, 4) is 5.75 Å². The maximum Gasteiger partial charge on any atom is 0.297 e. The molecule has 0 saturated heterocycles. The van der Waals surface area contributed by atoms with E-state index in [1.165, 1.54) is 18.0 Å². The molecule has 94 valence electrons. The highest BCUT2D eigenvalue weighted by Gasteiger charge is 2.11. The first-order valence-electron chi connectivity index (χ1n) is 5.16. The van der Waals surface area contributed by atoms with Gasteiger partial charge in [0.25, 0.3) is 5.56 Å². The van der Waals surface area contributed by atoms with Crippen molar-refractivity contribution in [2.75, 3.05) is 7.11 Å². The van der Waals surface area contributed by atoms with Crippen LogP contribution in [0.5, 0.6) is 5.75 Å². The summed E-state index contributed by atoms with van der Waals surface area (Å²) in [7, 11) is 1.40. The summed E-state index contributed by atoms with van der Waals surface area (Å²) in [5, 5.41) is 0.0749. The minimum absolute atomic E-state index is 0.0613. The zero-order chi connectivity index (χ0) is 13.1. The van der Waals surface area contributed by atoms with Gasteiger partial charge in [-0.3, -0.25) is 9.36 Å². The van der Waals surface area contributed by atoms with Gasteiger partial charge < -0.3 is 4.74 Å². The maximum atomic E-state index is 12.0. The predicted octanol–water partition coefficient (Wildman–Crippen LogP) is 2.72. The van der Waals surface area contributed by atoms with Crippen LogP contribution in [0.2, 0.25) is 5.15 Å². The summed E-state index contributed by atoms with van der Waals surface area (Å²) in [5.41, 5.74) is 0.680. The van der Waals surface area contributed by atoms with Gasteiger partial charge in [-0.05, 0) is 11.6 Å². The van der Waals surface area contributed by atoms with E-state index in [9.17, 15) is 4.79 Å². The molecule has 0 bridgehead atoms. The molecule has 0 atom stereocenters. The van der Waals surface area contributed by atoms with Crippen LogP contribution in [0.15, 0.2) is 39.9 Å². The van der Waals surface area contributed by atoms with Crippen LogP contribution in [0.3, 0.4) is 0 Å². The molecule has 2 rings (SSSR count). The van der Waals surface area contributed by atoms with E-state index in [4.69, 9.17) is 16.3 Å². The Morgan fingerprint density at radius 2 is 2.17 bits per heavy atom. The van der Waals surface area contributed by atoms with Crippen molar-refractivity contribution < 1.29 is 4.74 Å². The molecule has 6 heteroatoms. The summed E-state index contributed by atoms with van der Waals surface area (Å²) >= 11 is 9.21. The SMILES string of the molecule is COc1c(Cl)ncn(Cc2ccccc2Br)c1=O. The highest BCUT2D eigenvalue weighted by atomic mass is 79.9. The van der Waals surface area contributed by atoms with Crippen LogP contribution in [0, 0.1) is 0 Å². The van der Waals surface area contributed by atoms with E-state index in [0.717, 1.165) is 10.0 Å². The zero-order valence-electron chi connectivity index (χ0n) is 9.56. The van der Waals surface area contributed by atoms with E-state index in [-0.39, 0.29) is 16.5 Å². The summed E-state index contributed by atoms with van der Waals surface area (Å²) in [6.45, 7) is 0.404. The summed E-state index contributed by atoms with van der Waals surface area (Å²) in [5.74, 6) is 0.0613. The highest BCUT2D eigenvalue weighted by molar-refractivity contribution is 9.10. The normalized spacial score (nSPS) is 10.4. The molecule has 0 radical (unpaired) electrons. The van der Waals surface area contributed by atoms with Crippen LogP contribution in [0.1, 0.15) is 5.56 Å². The monoisotopic (exact) mass is 328 g/mol. The zero-order valence-corrected chi connectivity index (χ0v) is 11.9. The maximum absolute atomic E-state index is 12.0. The number of ether oxygens (including phenoxy) is 1. The molecular formula is C12H10BrClN2O2. The Labute approximate surface area is 117 Å². The number of hydrogen-bond acceptors (Lipinski definition) is 3. The number of rotatable bonds is 3. The van der Waals surface area contributed by atoms with Crippen molar-refractivity contribution in [1.29, 1.82) is 0 Å². The fourth-order valence-corrected chi connectivity index (χ4v) is 2.16. The second kappa shape index (κ2) is 5.54. The van der Waals surface area contributed by atoms with E-state index < -0.39 is 0 Å². The van der Waals surface area contributed by atoms with Crippen molar-refractivity contribution in [3.05, 3.63) is 56.1 Å². The van der Waals surface area contributed by atoms with Crippen molar-refractivity contribution >= 4 is 27.5 Å². The first-order valence-corrected chi connectivity index (χ1v) is 6.33. The minimum Gasteiger partial charge on any atom is -0.489 e. The minimum atomic E-state index is -0.298. The molecule has 0 amide bonds. The largest absolute Gasteiger partial charge is 0.489 e. The third-order valence-electron chi connectivity index (χ3n) is 2.46. The number of benzene rings is 1. The van der Waals surface area contributed by atoms with Gasteiger partial charge in [-0.1, -0.05) is 45.7 Å². The van der Waals surface area contributed by atoms with Crippen molar-refractivity contribution in [2.45, 2.75) is 6.54 Å². The third kappa shape index (κ3) is 2.57. The average molecular weight is 330 g/mol. The van der Waals surface area contributed by atoms with Crippen LogP contribution in [-0.4, -0.2) is 16.7 Å². The molecule has 1 aromatic heterocycles. The summed E-state index contributed by atoms with van der Waals surface area (Å²) < 4.78 is 7.33. The smallest absolute Gasteiger partial charge is 0.297 e. The van der Waals surface area contributed by atoms with Gasteiger partial charge in [0.15, 0.2) is 5.15 Å². The topological polar surface area (TPSA) is 44.1 Å². The summed E-state index contributed by atoms with van der Waals surface area (Å²) in [4.78, 5) is 16.0. The van der Waals surface area contributed by atoms with E-state index >= 15 is 0 Å². The Morgan fingerprint density at radius 1 is 1.44 bits per heavy atom. The first-order chi connectivity index (χ1) is 8.63. The number of nitrogens with zero attached hydrogens (tertiary/aromatic N) is 2. The van der Waals surface area contributed by atoms with Crippen LogP contribution in [-0.2, 0) is 6.54 Å². The van der Waals surface area contributed by atoms with Crippen LogP contribution >= 0.6 is 27.5 Å². The fourth-order valence-electron chi connectivity index (χ4n) is 1.54. The second-order valence-electron chi connectivity index (χ2n) is 3.59. The van der Waals surface area contributed by atoms with Gasteiger partial charge in [0.05, 0.1) is 20.0 Å². The quantitative estimate of drug-likeness (QED) is 0.813. The standard InChI is InChI=1S/C12H10BrClN2O2/c1-18-10-11(14)15-7-16(12(10)17)6-8-4-2-3-5-9(8)13/h2-5,7H,6H2,1H3. The Bertz CT molecular complexity index is 628. The molecule has 0 aliphatic rings.